The molecule has 4 heteroatoms. The van der Waals surface area contributed by atoms with E-state index < -0.39 is 0 Å². The second kappa shape index (κ2) is 6.27. The van der Waals surface area contributed by atoms with Crippen LogP contribution in [0.3, 0.4) is 0 Å². The SMILES string of the molecule is CCCC[C@@H]1Oc2ccccc2[C@@H]2CC(c3ccc(F)cc3)=NN12. The van der Waals surface area contributed by atoms with Gasteiger partial charge in [0.25, 0.3) is 0 Å². The van der Waals surface area contributed by atoms with Gasteiger partial charge in [0.15, 0.2) is 6.23 Å². The lowest BCUT2D eigenvalue weighted by atomic mass is 9.96. The Bertz CT molecular complexity index is 756. The van der Waals surface area contributed by atoms with Crippen molar-refractivity contribution in [3.8, 4) is 5.75 Å². The maximum atomic E-state index is 13.2. The molecule has 2 atom stereocenters. The zero-order valence-electron chi connectivity index (χ0n) is 13.8. The van der Waals surface area contributed by atoms with Gasteiger partial charge in [-0.3, -0.25) is 5.01 Å². The van der Waals surface area contributed by atoms with Crippen LogP contribution in [0.2, 0.25) is 0 Å². The van der Waals surface area contributed by atoms with Crippen molar-refractivity contribution in [3.05, 3.63) is 65.5 Å². The van der Waals surface area contributed by atoms with Gasteiger partial charge < -0.3 is 4.74 Å². The first-order chi connectivity index (χ1) is 11.8. The van der Waals surface area contributed by atoms with Crippen molar-refractivity contribution in [2.24, 2.45) is 5.10 Å². The Kier molecular flexibility index (Phi) is 3.97. The molecule has 0 N–H and O–H groups in total. The molecule has 4 rings (SSSR count). The monoisotopic (exact) mass is 324 g/mol. The normalized spacial score (nSPS) is 21.8. The summed E-state index contributed by atoms with van der Waals surface area (Å²) in [5, 5.41) is 6.95. The highest BCUT2D eigenvalue weighted by atomic mass is 19.1. The molecule has 0 saturated carbocycles. The number of rotatable bonds is 4. The quantitative estimate of drug-likeness (QED) is 0.800. The minimum Gasteiger partial charge on any atom is -0.469 e. The molecule has 0 saturated heterocycles. The Morgan fingerprint density at radius 3 is 2.75 bits per heavy atom. The minimum atomic E-state index is -0.218. The second-order valence-electron chi connectivity index (χ2n) is 6.41. The van der Waals surface area contributed by atoms with Crippen molar-refractivity contribution in [2.45, 2.75) is 44.9 Å². The fourth-order valence-electron chi connectivity index (χ4n) is 3.50. The third-order valence-corrected chi connectivity index (χ3v) is 4.76. The fourth-order valence-corrected chi connectivity index (χ4v) is 3.50. The molecule has 2 heterocycles. The van der Waals surface area contributed by atoms with Gasteiger partial charge in [-0.15, -0.1) is 0 Å². The Balaban J connectivity index is 1.68. The number of benzene rings is 2. The van der Waals surface area contributed by atoms with Crippen molar-refractivity contribution in [3.63, 3.8) is 0 Å². The highest BCUT2D eigenvalue weighted by Gasteiger charge is 2.39. The van der Waals surface area contributed by atoms with E-state index >= 15 is 0 Å². The molecule has 0 fully saturated rings. The molecule has 2 aromatic rings. The van der Waals surface area contributed by atoms with Gasteiger partial charge in [-0.1, -0.05) is 43.7 Å². The van der Waals surface area contributed by atoms with E-state index in [1.165, 1.54) is 17.7 Å². The van der Waals surface area contributed by atoms with Gasteiger partial charge in [0.05, 0.1) is 11.8 Å². The Hall–Kier alpha value is -2.36. The van der Waals surface area contributed by atoms with Crippen LogP contribution in [0.25, 0.3) is 0 Å². The van der Waals surface area contributed by atoms with Crippen LogP contribution in [0.15, 0.2) is 53.6 Å². The Labute approximate surface area is 141 Å². The van der Waals surface area contributed by atoms with E-state index in [1.54, 1.807) is 12.1 Å². The highest BCUT2D eigenvalue weighted by Crippen LogP contribution is 2.43. The highest BCUT2D eigenvalue weighted by molar-refractivity contribution is 6.01. The van der Waals surface area contributed by atoms with Crippen LogP contribution in [-0.4, -0.2) is 16.9 Å². The van der Waals surface area contributed by atoms with Crippen molar-refractivity contribution in [1.82, 2.24) is 5.01 Å². The maximum absolute atomic E-state index is 13.2. The molecule has 0 bridgehead atoms. The average molecular weight is 324 g/mol. The third kappa shape index (κ3) is 2.66. The van der Waals surface area contributed by atoms with E-state index in [-0.39, 0.29) is 18.1 Å². The molecule has 0 aromatic heterocycles. The summed E-state index contributed by atoms with van der Waals surface area (Å²) < 4.78 is 19.4. The summed E-state index contributed by atoms with van der Waals surface area (Å²) in [7, 11) is 0. The van der Waals surface area contributed by atoms with Crippen LogP contribution in [0, 0.1) is 5.82 Å². The smallest absolute Gasteiger partial charge is 0.187 e. The largest absolute Gasteiger partial charge is 0.469 e. The van der Waals surface area contributed by atoms with Crippen LogP contribution in [0.4, 0.5) is 4.39 Å². The lowest BCUT2D eigenvalue weighted by Crippen LogP contribution is -2.40. The number of hydrogen-bond acceptors (Lipinski definition) is 3. The molecule has 2 aliphatic rings. The number of halogens is 1. The summed E-state index contributed by atoms with van der Waals surface area (Å²) in [4.78, 5) is 0. The summed E-state index contributed by atoms with van der Waals surface area (Å²) in [5.74, 6) is 0.750. The van der Waals surface area contributed by atoms with Crippen LogP contribution in [0.1, 0.15) is 49.8 Å². The molecule has 3 nitrogen and oxygen atoms in total. The molecule has 24 heavy (non-hydrogen) atoms. The number of hydrogen-bond donors (Lipinski definition) is 0. The van der Waals surface area contributed by atoms with E-state index in [0.29, 0.717) is 0 Å². The number of nitrogens with zero attached hydrogens (tertiary/aromatic N) is 2. The van der Waals surface area contributed by atoms with Gasteiger partial charge >= 0.3 is 0 Å². The fraction of sp³-hybridized carbons (Fsp3) is 0.350. The molecule has 0 aliphatic carbocycles. The summed E-state index contributed by atoms with van der Waals surface area (Å²) in [5.41, 5.74) is 3.17. The average Bonchev–Trinajstić information content (AvgIpc) is 3.06. The summed E-state index contributed by atoms with van der Waals surface area (Å²) in [6, 6.07) is 15.0. The first-order valence-electron chi connectivity index (χ1n) is 8.63. The number of hydrazone groups is 1. The van der Waals surface area contributed by atoms with Gasteiger partial charge in [0.1, 0.15) is 11.6 Å². The molecule has 0 unspecified atom stereocenters. The van der Waals surface area contributed by atoms with Gasteiger partial charge in [-0.2, -0.15) is 5.10 Å². The van der Waals surface area contributed by atoms with Crippen LogP contribution in [0.5, 0.6) is 5.75 Å². The van der Waals surface area contributed by atoms with Gasteiger partial charge in [0, 0.05) is 18.4 Å². The van der Waals surface area contributed by atoms with Crippen molar-refractivity contribution < 1.29 is 9.13 Å². The van der Waals surface area contributed by atoms with E-state index in [0.717, 1.165) is 42.7 Å². The summed E-state index contributed by atoms with van der Waals surface area (Å²) in [6.07, 6.45) is 4.00. The number of ether oxygens (including phenoxy) is 1. The number of para-hydroxylation sites is 1. The summed E-state index contributed by atoms with van der Waals surface area (Å²) >= 11 is 0. The molecule has 2 aliphatic heterocycles. The predicted octanol–water partition coefficient (Wildman–Crippen LogP) is 4.89. The van der Waals surface area contributed by atoms with E-state index in [1.807, 2.05) is 18.2 Å². The van der Waals surface area contributed by atoms with Gasteiger partial charge in [-0.25, -0.2) is 4.39 Å². The van der Waals surface area contributed by atoms with Crippen molar-refractivity contribution in [2.75, 3.05) is 0 Å². The predicted molar refractivity (Wildman–Crippen MR) is 92.5 cm³/mol. The lowest BCUT2D eigenvalue weighted by molar-refractivity contribution is -0.0231. The summed E-state index contributed by atoms with van der Waals surface area (Å²) in [6.45, 7) is 2.19. The van der Waals surface area contributed by atoms with E-state index in [9.17, 15) is 4.39 Å². The minimum absolute atomic E-state index is 0.0252. The van der Waals surface area contributed by atoms with Crippen LogP contribution in [-0.2, 0) is 0 Å². The first kappa shape index (κ1) is 15.2. The Morgan fingerprint density at radius 1 is 1.17 bits per heavy atom. The van der Waals surface area contributed by atoms with Crippen molar-refractivity contribution >= 4 is 5.71 Å². The Morgan fingerprint density at radius 2 is 1.96 bits per heavy atom. The molecule has 0 radical (unpaired) electrons. The zero-order valence-corrected chi connectivity index (χ0v) is 13.8. The van der Waals surface area contributed by atoms with Gasteiger partial charge in [0.2, 0.25) is 0 Å². The molecule has 0 spiro atoms. The van der Waals surface area contributed by atoms with Crippen molar-refractivity contribution in [1.29, 1.82) is 0 Å². The molecular formula is C20H21FN2O. The number of fused-ring (bicyclic) bond motifs is 3. The molecule has 2 aromatic carbocycles. The van der Waals surface area contributed by atoms with Gasteiger partial charge in [-0.05, 0) is 30.2 Å². The first-order valence-corrected chi connectivity index (χ1v) is 8.63. The topological polar surface area (TPSA) is 24.8 Å². The molecule has 0 amide bonds. The standard InChI is InChI=1S/C20H21FN2O/c1-2-3-8-20-23-18(16-6-4-5-7-19(16)24-20)13-17(22-23)14-9-11-15(21)12-10-14/h4-7,9-12,18,20H,2-3,8,13H2,1H3/t18-,20-/m0/s1. The van der Waals surface area contributed by atoms with E-state index in [4.69, 9.17) is 9.84 Å². The number of unbranched alkanes of at least 4 members (excludes halogenated alkanes) is 1. The third-order valence-electron chi connectivity index (χ3n) is 4.76. The maximum Gasteiger partial charge on any atom is 0.187 e. The van der Waals surface area contributed by atoms with E-state index in [2.05, 4.69) is 18.0 Å². The molecule has 124 valence electrons. The lowest BCUT2D eigenvalue weighted by Gasteiger charge is -2.38. The van der Waals surface area contributed by atoms with Crippen LogP contribution < -0.4 is 4.74 Å². The molecular weight excluding hydrogens is 303 g/mol. The second-order valence-corrected chi connectivity index (χ2v) is 6.41. The van der Waals surface area contributed by atoms with Crippen LogP contribution >= 0.6 is 0 Å². The zero-order chi connectivity index (χ0) is 16.5.